The first kappa shape index (κ1) is 28.1. The molecule has 40 heavy (non-hydrogen) atoms. The van der Waals surface area contributed by atoms with Crippen molar-refractivity contribution in [2.24, 2.45) is 4.99 Å². The third-order valence-corrected chi connectivity index (χ3v) is 8.64. The number of nitrogens with zero attached hydrogens (tertiary/aromatic N) is 2. The number of esters is 1. The van der Waals surface area contributed by atoms with Crippen molar-refractivity contribution in [1.82, 2.24) is 4.57 Å². The molecule has 1 aliphatic rings. The largest absolute Gasteiger partial charge is 0.490 e. The number of allylic oxidation sites excluding steroid dienone is 1. The summed E-state index contributed by atoms with van der Waals surface area (Å²) in [6, 6.07) is 16.8. The highest BCUT2D eigenvalue weighted by Crippen LogP contribution is 2.33. The molecule has 10 heteroatoms. The molecule has 0 radical (unpaired) electrons. The van der Waals surface area contributed by atoms with Crippen LogP contribution in [0.25, 0.3) is 6.08 Å². The summed E-state index contributed by atoms with van der Waals surface area (Å²) in [7, 11) is 0. The van der Waals surface area contributed by atoms with Gasteiger partial charge in [-0.1, -0.05) is 51.5 Å². The summed E-state index contributed by atoms with van der Waals surface area (Å²) in [6.45, 7) is 6.56. The van der Waals surface area contributed by atoms with E-state index in [0.29, 0.717) is 45.3 Å². The van der Waals surface area contributed by atoms with Gasteiger partial charge in [0.25, 0.3) is 5.56 Å². The molecule has 0 fully saturated rings. The van der Waals surface area contributed by atoms with Crippen LogP contribution in [0, 0.1) is 0 Å². The van der Waals surface area contributed by atoms with Gasteiger partial charge in [-0.25, -0.2) is 9.79 Å². The molecule has 4 aromatic rings. The molecule has 0 saturated carbocycles. The topological polar surface area (TPSA) is 79.1 Å². The third kappa shape index (κ3) is 5.84. The molecular formula is C30H27BrN2O5S2. The first-order chi connectivity index (χ1) is 19.4. The number of hydrogen-bond acceptors (Lipinski definition) is 8. The second kappa shape index (κ2) is 12.4. The minimum Gasteiger partial charge on any atom is -0.490 e. The Bertz CT molecular complexity index is 1740. The van der Waals surface area contributed by atoms with E-state index in [1.54, 1.807) is 18.4 Å². The maximum Gasteiger partial charge on any atom is 0.338 e. The number of ether oxygens (including phenoxy) is 3. The zero-order chi connectivity index (χ0) is 28.2. The van der Waals surface area contributed by atoms with E-state index in [0.717, 1.165) is 20.5 Å². The molecule has 2 aromatic carbocycles. The van der Waals surface area contributed by atoms with Gasteiger partial charge in [-0.15, -0.1) is 11.3 Å². The number of fused-ring (bicyclic) bond motifs is 1. The Kier molecular flexibility index (Phi) is 8.68. The lowest BCUT2D eigenvalue weighted by molar-refractivity contribution is -0.139. The van der Waals surface area contributed by atoms with Crippen molar-refractivity contribution in [2.75, 3.05) is 13.2 Å². The predicted octanol–water partition coefficient (Wildman–Crippen LogP) is 5.60. The van der Waals surface area contributed by atoms with E-state index >= 15 is 0 Å². The Morgan fingerprint density at radius 3 is 2.58 bits per heavy atom. The minimum absolute atomic E-state index is 0.218. The molecule has 206 valence electrons. The van der Waals surface area contributed by atoms with Crippen molar-refractivity contribution in [2.45, 2.75) is 33.4 Å². The fourth-order valence-corrected chi connectivity index (χ4v) is 6.54. The van der Waals surface area contributed by atoms with Gasteiger partial charge in [0, 0.05) is 9.35 Å². The maximum atomic E-state index is 13.8. The molecule has 5 rings (SSSR count). The van der Waals surface area contributed by atoms with Crippen molar-refractivity contribution in [1.29, 1.82) is 0 Å². The number of aromatic nitrogens is 1. The van der Waals surface area contributed by atoms with E-state index in [2.05, 4.69) is 20.9 Å². The lowest BCUT2D eigenvalue weighted by atomic mass is 10.0. The van der Waals surface area contributed by atoms with E-state index in [9.17, 15) is 9.59 Å². The van der Waals surface area contributed by atoms with Gasteiger partial charge in [0.2, 0.25) is 0 Å². The number of carbonyl (C=O) groups excluding carboxylic acids is 1. The van der Waals surface area contributed by atoms with E-state index in [4.69, 9.17) is 14.2 Å². The van der Waals surface area contributed by atoms with Crippen molar-refractivity contribution in [3.8, 4) is 11.5 Å². The maximum absolute atomic E-state index is 13.8. The molecule has 7 nitrogen and oxygen atoms in total. The van der Waals surface area contributed by atoms with Gasteiger partial charge in [0.15, 0.2) is 16.3 Å². The number of hydrogen-bond donors (Lipinski definition) is 0. The van der Waals surface area contributed by atoms with E-state index in [-0.39, 0.29) is 12.2 Å². The Morgan fingerprint density at radius 1 is 1.07 bits per heavy atom. The zero-order valence-electron chi connectivity index (χ0n) is 22.2. The quantitative estimate of drug-likeness (QED) is 0.223. The molecule has 0 saturated heterocycles. The summed E-state index contributed by atoms with van der Waals surface area (Å²) in [4.78, 5) is 32.8. The van der Waals surface area contributed by atoms with Crippen molar-refractivity contribution in [3.63, 3.8) is 0 Å². The second-order valence-corrected chi connectivity index (χ2v) is 11.8. The van der Waals surface area contributed by atoms with Gasteiger partial charge in [-0.3, -0.25) is 9.36 Å². The number of carbonyl (C=O) groups is 1. The molecule has 0 unspecified atom stereocenters. The molecule has 2 aromatic heterocycles. The predicted molar refractivity (Wildman–Crippen MR) is 161 cm³/mol. The Balaban J connectivity index is 1.52. The fraction of sp³-hybridized carbons (Fsp3) is 0.233. The number of halogens is 1. The average Bonchev–Trinajstić information content (AvgIpc) is 3.57. The molecule has 0 N–H and O–H groups in total. The molecule has 1 atom stereocenters. The first-order valence-corrected chi connectivity index (χ1v) is 15.3. The van der Waals surface area contributed by atoms with Crippen molar-refractivity contribution in [3.05, 3.63) is 111 Å². The molecule has 0 bridgehead atoms. The highest BCUT2D eigenvalue weighted by Gasteiger charge is 2.33. The average molecular weight is 640 g/mol. The van der Waals surface area contributed by atoms with Crippen LogP contribution >= 0.6 is 38.6 Å². The second-order valence-electron chi connectivity index (χ2n) is 8.87. The SMILES string of the molecule is CCOC(=O)C1=C(C)N=c2s/c(=C\c3ccc(OCc4ccc(Br)cc4)c(OCC)c3)c(=O)n2[C@H]1c1cccs1. The van der Waals surface area contributed by atoms with Crippen molar-refractivity contribution < 1.29 is 19.0 Å². The monoisotopic (exact) mass is 638 g/mol. The lowest BCUT2D eigenvalue weighted by Crippen LogP contribution is -2.39. The highest BCUT2D eigenvalue weighted by molar-refractivity contribution is 9.10. The van der Waals surface area contributed by atoms with Crippen LogP contribution < -0.4 is 24.4 Å². The van der Waals surface area contributed by atoms with Crippen LogP contribution in [0.3, 0.4) is 0 Å². The van der Waals surface area contributed by atoms with Crippen LogP contribution in [-0.2, 0) is 16.1 Å². The molecule has 3 heterocycles. The van der Waals surface area contributed by atoms with E-state index in [1.807, 2.05) is 73.0 Å². The van der Waals surface area contributed by atoms with E-state index in [1.165, 1.54) is 22.7 Å². The van der Waals surface area contributed by atoms with Crippen LogP contribution in [0.2, 0.25) is 0 Å². The van der Waals surface area contributed by atoms with E-state index < -0.39 is 12.0 Å². The normalized spacial score (nSPS) is 15.0. The summed E-state index contributed by atoms with van der Waals surface area (Å²) in [5, 5.41) is 1.93. The van der Waals surface area contributed by atoms with Gasteiger partial charge >= 0.3 is 5.97 Å². The lowest BCUT2D eigenvalue weighted by Gasteiger charge is -2.23. The number of rotatable bonds is 9. The van der Waals surface area contributed by atoms with Gasteiger partial charge in [0.1, 0.15) is 12.6 Å². The minimum atomic E-state index is -0.592. The number of thiazole rings is 1. The molecule has 0 amide bonds. The van der Waals surface area contributed by atoms with Gasteiger partial charge in [-0.2, -0.15) is 0 Å². The van der Waals surface area contributed by atoms with Crippen LogP contribution in [-0.4, -0.2) is 23.8 Å². The summed E-state index contributed by atoms with van der Waals surface area (Å²) >= 11 is 6.23. The first-order valence-electron chi connectivity index (χ1n) is 12.8. The third-order valence-electron chi connectivity index (χ3n) is 6.20. The summed E-state index contributed by atoms with van der Waals surface area (Å²) < 4.78 is 20.4. The number of benzene rings is 2. The fourth-order valence-electron chi connectivity index (χ4n) is 4.40. The van der Waals surface area contributed by atoms with Crippen molar-refractivity contribution >= 4 is 50.6 Å². The summed E-state index contributed by atoms with van der Waals surface area (Å²) in [6.07, 6.45) is 1.82. The molecule has 0 aliphatic carbocycles. The van der Waals surface area contributed by atoms with Gasteiger partial charge in [0.05, 0.1) is 29.0 Å². The Morgan fingerprint density at radius 2 is 1.88 bits per heavy atom. The highest BCUT2D eigenvalue weighted by atomic mass is 79.9. The smallest absolute Gasteiger partial charge is 0.338 e. The van der Waals surface area contributed by atoms with Crippen LogP contribution in [0.5, 0.6) is 11.5 Å². The van der Waals surface area contributed by atoms with Crippen LogP contribution in [0.4, 0.5) is 0 Å². The Hall–Kier alpha value is -3.47. The molecule has 1 aliphatic heterocycles. The number of thiophene rings is 1. The molecule has 0 spiro atoms. The summed E-state index contributed by atoms with van der Waals surface area (Å²) in [5.41, 5.74) is 2.54. The van der Waals surface area contributed by atoms with Crippen LogP contribution in [0.1, 0.15) is 42.8 Å². The van der Waals surface area contributed by atoms with Crippen LogP contribution in [0.15, 0.2) is 85.5 Å². The zero-order valence-corrected chi connectivity index (χ0v) is 25.4. The molecular weight excluding hydrogens is 612 g/mol. The van der Waals surface area contributed by atoms with Gasteiger partial charge in [-0.05, 0) is 73.7 Å². The standard InChI is InChI=1S/C30H27BrN2O5S2/c1-4-36-23-15-20(10-13-22(23)38-17-19-8-11-21(31)12-9-19)16-25-28(34)33-27(24-7-6-14-39-24)26(29(35)37-5-2)18(3)32-30(33)40-25/h6-16,27H,4-5,17H2,1-3H3/b25-16-/t27-/m0/s1. The summed E-state index contributed by atoms with van der Waals surface area (Å²) in [5.74, 6) is 0.755. The van der Waals surface area contributed by atoms with Gasteiger partial charge < -0.3 is 14.2 Å². The Labute approximate surface area is 247 Å².